The van der Waals surface area contributed by atoms with Crippen molar-refractivity contribution >= 4 is 64.2 Å². The number of amides is 1. The maximum atomic E-state index is 13.6. The minimum absolute atomic E-state index is 0.0466. The zero-order valence-corrected chi connectivity index (χ0v) is 21.8. The summed E-state index contributed by atoms with van der Waals surface area (Å²) >= 11 is 4.94. The molecular weight excluding hydrogens is 550 g/mol. The van der Waals surface area contributed by atoms with Gasteiger partial charge in [-0.05, 0) is 67.4 Å². The Morgan fingerprint density at radius 1 is 1.11 bits per heavy atom. The highest BCUT2D eigenvalue weighted by Gasteiger charge is 2.27. The number of rotatable bonds is 7. The Bertz CT molecular complexity index is 1450. The van der Waals surface area contributed by atoms with Gasteiger partial charge >= 0.3 is 0 Å². The van der Waals surface area contributed by atoms with Crippen LogP contribution in [0.25, 0.3) is 10.2 Å². The molecule has 180 valence electrons. The number of thiazole rings is 1. The second kappa shape index (κ2) is 10.1. The number of benzene rings is 3. The normalized spacial score (nSPS) is 15.9. The molecule has 5 rings (SSSR count). The number of nitrogens with zero attached hydrogens (tertiary/aromatic N) is 2. The lowest BCUT2D eigenvalue weighted by Crippen LogP contribution is -2.37. The molecule has 2 heterocycles. The van der Waals surface area contributed by atoms with Crippen molar-refractivity contribution in [1.82, 2.24) is 4.98 Å². The van der Waals surface area contributed by atoms with Crippen LogP contribution in [0, 0.1) is 0 Å². The SMILES string of the molecule is O=C(c1ccc(NS(=O)(=O)c2ccccc2)cc1)N(CC1CCCO1)c1nc2ccc(Br)cc2s1. The van der Waals surface area contributed by atoms with Crippen LogP contribution in [0.4, 0.5) is 10.8 Å². The summed E-state index contributed by atoms with van der Waals surface area (Å²) in [5.74, 6) is -0.212. The topological polar surface area (TPSA) is 88.6 Å². The summed E-state index contributed by atoms with van der Waals surface area (Å²) in [6.45, 7) is 1.10. The average molecular weight is 573 g/mol. The molecule has 1 N–H and O–H groups in total. The van der Waals surface area contributed by atoms with Crippen LogP contribution in [0.1, 0.15) is 23.2 Å². The van der Waals surface area contributed by atoms with E-state index in [0.717, 1.165) is 27.5 Å². The van der Waals surface area contributed by atoms with E-state index in [1.54, 1.807) is 47.4 Å². The van der Waals surface area contributed by atoms with Gasteiger partial charge in [0.05, 0.1) is 27.8 Å². The van der Waals surface area contributed by atoms with Gasteiger partial charge in [-0.2, -0.15) is 0 Å². The van der Waals surface area contributed by atoms with Crippen LogP contribution in [0.5, 0.6) is 0 Å². The highest BCUT2D eigenvalue weighted by molar-refractivity contribution is 9.10. The van der Waals surface area contributed by atoms with Gasteiger partial charge in [-0.1, -0.05) is 45.5 Å². The second-order valence-corrected chi connectivity index (χ2v) is 11.8. The molecule has 10 heteroatoms. The summed E-state index contributed by atoms with van der Waals surface area (Å²) in [6, 6.07) is 20.4. The van der Waals surface area contributed by atoms with Crippen LogP contribution in [0.15, 0.2) is 82.2 Å². The number of sulfonamides is 1. The number of halogens is 1. The van der Waals surface area contributed by atoms with E-state index in [2.05, 4.69) is 20.7 Å². The number of carbonyl (C=O) groups is 1. The van der Waals surface area contributed by atoms with Crippen LogP contribution in [-0.2, 0) is 14.8 Å². The van der Waals surface area contributed by atoms with Gasteiger partial charge in [0, 0.05) is 22.3 Å². The Morgan fingerprint density at radius 3 is 2.60 bits per heavy atom. The molecule has 1 aliphatic rings. The first kappa shape index (κ1) is 23.9. The van der Waals surface area contributed by atoms with Gasteiger partial charge in [-0.15, -0.1) is 0 Å². The van der Waals surface area contributed by atoms with E-state index in [4.69, 9.17) is 9.72 Å². The molecule has 1 atom stereocenters. The number of anilines is 2. The number of carbonyl (C=O) groups excluding carboxylic acids is 1. The van der Waals surface area contributed by atoms with E-state index in [1.165, 1.54) is 23.5 Å². The molecule has 35 heavy (non-hydrogen) atoms. The summed E-state index contributed by atoms with van der Waals surface area (Å²) in [7, 11) is -3.71. The highest BCUT2D eigenvalue weighted by atomic mass is 79.9. The quantitative estimate of drug-likeness (QED) is 0.308. The summed E-state index contributed by atoms with van der Waals surface area (Å²) in [4.78, 5) is 20.1. The van der Waals surface area contributed by atoms with Gasteiger partial charge in [-0.3, -0.25) is 14.4 Å². The fourth-order valence-electron chi connectivity index (χ4n) is 3.89. The van der Waals surface area contributed by atoms with Crippen LogP contribution in [0.3, 0.4) is 0 Å². The van der Waals surface area contributed by atoms with E-state index in [-0.39, 0.29) is 16.9 Å². The second-order valence-electron chi connectivity index (χ2n) is 8.16. The van der Waals surface area contributed by atoms with Gasteiger partial charge in [-0.25, -0.2) is 13.4 Å². The smallest absolute Gasteiger partial charge is 0.261 e. The number of hydrogen-bond acceptors (Lipinski definition) is 6. The number of nitrogens with one attached hydrogen (secondary N) is 1. The molecule has 0 radical (unpaired) electrons. The molecule has 0 saturated carbocycles. The number of hydrogen-bond donors (Lipinski definition) is 1. The Kier molecular flexibility index (Phi) is 6.88. The molecule has 4 aromatic rings. The van der Waals surface area contributed by atoms with Crippen molar-refractivity contribution in [3.63, 3.8) is 0 Å². The van der Waals surface area contributed by atoms with Gasteiger partial charge in [0.1, 0.15) is 0 Å². The lowest BCUT2D eigenvalue weighted by atomic mass is 10.1. The zero-order valence-electron chi connectivity index (χ0n) is 18.6. The Labute approximate surface area is 215 Å². The van der Waals surface area contributed by atoms with E-state index in [1.807, 2.05) is 18.2 Å². The summed E-state index contributed by atoms with van der Waals surface area (Å²) < 4.78 is 35.5. The first-order valence-electron chi connectivity index (χ1n) is 11.1. The van der Waals surface area contributed by atoms with Crippen molar-refractivity contribution in [2.45, 2.75) is 23.8 Å². The fourth-order valence-corrected chi connectivity index (χ4v) is 6.50. The highest BCUT2D eigenvalue weighted by Crippen LogP contribution is 2.32. The third-order valence-corrected chi connectivity index (χ3v) is 8.59. The number of fused-ring (bicyclic) bond motifs is 1. The molecule has 0 bridgehead atoms. The van der Waals surface area contributed by atoms with Crippen molar-refractivity contribution in [1.29, 1.82) is 0 Å². The third kappa shape index (κ3) is 5.40. The predicted octanol–water partition coefficient (Wildman–Crippen LogP) is 5.69. The van der Waals surface area contributed by atoms with E-state index >= 15 is 0 Å². The van der Waals surface area contributed by atoms with Crippen LogP contribution < -0.4 is 9.62 Å². The van der Waals surface area contributed by atoms with E-state index in [0.29, 0.717) is 29.5 Å². The molecule has 1 aromatic heterocycles. The molecule has 3 aromatic carbocycles. The van der Waals surface area contributed by atoms with Gasteiger partial charge in [0.15, 0.2) is 5.13 Å². The van der Waals surface area contributed by atoms with Crippen LogP contribution in [0.2, 0.25) is 0 Å². The fraction of sp³-hybridized carbons (Fsp3) is 0.200. The Balaban J connectivity index is 1.40. The van der Waals surface area contributed by atoms with Crippen molar-refractivity contribution in [3.8, 4) is 0 Å². The average Bonchev–Trinajstić information content (AvgIpc) is 3.52. The minimum atomic E-state index is -3.71. The van der Waals surface area contributed by atoms with E-state index in [9.17, 15) is 13.2 Å². The molecule has 1 unspecified atom stereocenters. The predicted molar refractivity (Wildman–Crippen MR) is 142 cm³/mol. The van der Waals surface area contributed by atoms with Gasteiger partial charge in [0.2, 0.25) is 0 Å². The summed E-state index contributed by atoms with van der Waals surface area (Å²) in [5, 5.41) is 0.604. The monoisotopic (exact) mass is 571 g/mol. The number of aromatic nitrogens is 1. The van der Waals surface area contributed by atoms with E-state index < -0.39 is 10.0 Å². The minimum Gasteiger partial charge on any atom is -0.376 e. The molecule has 0 spiro atoms. The maximum Gasteiger partial charge on any atom is 0.261 e. The molecule has 1 aliphatic heterocycles. The van der Waals surface area contributed by atoms with Crippen molar-refractivity contribution in [2.24, 2.45) is 0 Å². The molecule has 7 nitrogen and oxygen atoms in total. The summed E-state index contributed by atoms with van der Waals surface area (Å²) in [6.07, 6.45) is 1.81. The summed E-state index contributed by atoms with van der Waals surface area (Å²) in [5.41, 5.74) is 1.64. The molecule has 1 saturated heterocycles. The first-order valence-corrected chi connectivity index (χ1v) is 14.2. The van der Waals surface area contributed by atoms with Gasteiger partial charge in [0.25, 0.3) is 15.9 Å². The maximum absolute atomic E-state index is 13.6. The zero-order chi connectivity index (χ0) is 24.4. The van der Waals surface area contributed by atoms with Crippen molar-refractivity contribution < 1.29 is 17.9 Å². The van der Waals surface area contributed by atoms with Gasteiger partial charge < -0.3 is 4.74 Å². The Hall–Kier alpha value is -2.79. The van der Waals surface area contributed by atoms with Crippen molar-refractivity contribution in [3.05, 3.63) is 82.8 Å². The van der Waals surface area contributed by atoms with Crippen LogP contribution >= 0.6 is 27.3 Å². The lowest BCUT2D eigenvalue weighted by molar-refractivity contribution is 0.0917. The Morgan fingerprint density at radius 2 is 1.89 bits per heavy atom. The van der Waals surface area contributed by atoms with Crippen molar-refractivity contribution in [2.75, 3.05) is 22.8 Å². The standard InChI is InChI=1S/C25H22BrN3O4S2/c26-18-10-13-22-23(15-18)34-25(27-22)29(16-20-5-4-14-33-20)24(30)17-8-11-19(12-9-17)28-35(31,32)21-6-2-1-3-7-21/h1-3,6-13,15,20,28H,4-5,14,16H2. The number of ether oxygens (including phenoxy) is 1. The largest absolute Gasteiger partial charge is 0.376 e. The third-order valence-electron chi connectivity index (χ3n) is 5.66. The molecule has 1 fully saturated rings. The van der Waals surface area contributed by atoms with Crippen LogP contribution in [-0.4, -0.2) is 38.6 Å². The molecular formula is C25H22BrN3O4S2. The first-order chi connectivity index (χ1) is 16.9. The lowest BCUT2D eigenvalue weighted by Gasteiger charge is -2.23. The molecule has 0 aliphatic carbocycles. The molecule has 1 amide bonds.